The van der Waals surface area contributed by atoms with E-state index in [1.807, 2.05) is 0 Å². The van der Waals surface area contributed by atoms with Crippen LogP contribution in [0.2, 0.25) is 0 Å². The lowest BCUT2D eigenvalue weighted by atomic mass is 10.2. The van der Waals surface area contributed by atoms with Crippen molar-refractivity contribution in [3.05, 3.63) is 21.9 Å². The first-order chi connectivity index (χ1) is 8.97. The van der Waals surface area contributed by atoms with Crippen molar-refractivity contribution in [2.24, 2.45) is 0 Å². The summed E-state index contributed by atoms with van der Waals surface area (Å²) in [4.78, 5) is 11.8. The van der Waals surface area contributed by atoms with E-state index >= 15 is 0 Å². The number of alkyl halides is 6. The Morgan fingerprint density at radius 2 is 1.80 bits per heavy atom. The van der Waals surface area contributed by atoms with Crippen LogP contribution in [0.3, 0.4) is 0 Å². The van der Waals surface area contributed by atoms with Crippen LogP contribution < -0.4 is 9.47 Å². The quantitative estimate of drug-likeness (QED) is 0.487. The van der Waals surface area contributed by atoms with Crippen molar-refractivity contribution in [3.63, 3.8) is 0 Å². The van der Waals surface area contributed by atoms with E-state index in [9.17, 15) is 36.5 Å². The largest absolute Gasteiger partial charge is 0.574 e. The van der Waals surface area contributed by atoms with Crippen molar-refractivity contribution in [2.45, 2.75) is 12.5 Å². The standard InChI is InChI=1S/C8H4F6N2O4/c1-19-5-3(7(9,10)11)2-15-6(4(5)16(17)18)20-8(12,13)14/h2H,1H3. The summed E-state index contributed by atoms with van der Waals surface area (Å²) in [5.41, 5.74) is -3.36. The van der Waals surface area contributed by atoms with Gasteiger partial charge in [0.1, 0.15) is 5.56 Å². The molecule has 0 bridgehead atoms. The van der Waals surface area contributed by atoms with E-state index < -0.39 is 40.3 Å². The first-order valence-electron chi connectivity index (χ1n) is 4.51. The molecule has 6 nitrogen and oxygen atoms in total. The summed E-state index contributed by atoms with van der Waals surface area (Å²) in [6.07, 6.45) is -10.5. The number of rotatable bonds is 3. The van der Waals surface area contributed by atoms with Gasteiger partial charge in [0, 0.05) is 6.20 Å². The van der Waals surface area contributed by atoms with E-state index in [0.29, 0.717) is 7.11 Å². The van der Waals surface area contributed by atoms with Crippen LogP contribution in [0, 0.1) is 10.1 Å². The molecule has 0 N–H and O–H groups in total. The van der Waals surface area contributed by atoms with Crippen LogP contribution in [0.15, 0.2) is 6.20 Å². The number of methoxy groups -OCH3 is 1. The maximum absolute atomic E-state index is 12.5. The average Bonchev–Trinajstić information content (AvgIpc) is 2.23. The Kier molecular flexibility index (Phi) is 3.96. The normalized spacial score (nSPS) is 12.2. The Balaban J connectivity index is 3.55. The molecule has 0 fully saturated rings. The van der Waals surface area contributed by atoms with E-state index in [1.165, 1.54) is 0 Å². The van der Waals surface area contributed by atoms with Gasteiger partial charge in [0.15, 0.2) is 0 Å². The third kappa shape index (κ3) is 3.39. The minimum absolute atomic E-state index is 0.0487. The maximum atomic E-state index is 12.5. The summed E-state index contributed by atoms with van der Waals surface area (Å²) >= 11 is 0. The molecule has 0 saturated carbocycles. The smallest absolute Gasteiger partial charge is 0.490 e. The number of pyridine rings is 1. The molecule has 0 aromatic carbocycles. The molecule has 0 atom stereocenters. The van der Waals surface area contributed by atoms with Crippen molar-refractivity contribution in [2.75, 3.05) is 7.11 Å². The highest BCUT2D eigenvalue weighted by atomic mass is 19.4. The zero-order chi connectivity index (χ0) is 15.7. The van der Waals surface area contributed by atoms with Gasteiger partial charge in [-0.25, -0.2) is 4.98 Å². The predicted octanol–water partition coefficient (Wildman–Crippen LogP) is 2.92. The summed E-state index contributed by atoms with van der Waals surface area (Å²) in [6, 6.07) is 0. The number of halogens is 6. The Hall–Kier alpha value is -2.27. The van der Waals surface area contributed by atoms with Crippen LogP contribution in [0.5, 0.6) is 11.6 Å². The zero-order valence-electron chi connectivity index (χ0n) is 9.37. The number of hydrogen-bond acceptors (Lipinski definition) is 5. The van der Waals surface area contributed by atoms with Crippen LogP contribution in [0.4, 0.5) is 32.0 Å². The molecular weight excluding hydrogens is 302 g/mol. The Morgan fingerprint density at radius 1 is 1.25 bits per heavy atom. The van der Waals surface area contributed by atoms with E-state index in [4.69, 9.17) is 0 Å². The van der Waals surface area contributed by atoms with Gasteiger partial charge in [-0.05, 0) is 0 Å². The summed E-state index contributed by atoms with van der Waals surface area (Å²) < 4.78 is 81.0. The molecule has 1 aromatic heterocycles. The molecule has 0 amide bonds. The van der Waals surface area contributed by atoms with Crippen molar-refractivity contribution in [3.8, 4) is 11.6 Å². The minimum Gasteiger partial charge on any atom is -0.490 e. The maximum Gasteiger partial charge on any atom is 0.574 e. The Labute approximate surface area is 106 Å². The molecule has 0 spiro atoms. The van der Waals surface area contributed by atoms with Gasteiger partial charge in [0.2, 0.25) is 5.75 Å². The monoisotopic (exact) mass is 306 g/mol. The van der Waals surface area contributed by atoms with Crippen LogP contribution >= 0.6 is 0 Å². The van der Waals surface area contributed by atoms with Gasteiger partial charge in [-0.2, -0.15) is 13.2 Å². The lowest BCUT2D eigenvalue weighted by Crippen LogP contribution is -2.20. The third-order valence-electron chi connectivity index (χ3n) is 1.88. The molecule has 0 aliphatic rings. The summed E-state index contributed by atoms with van der Waals surface area (Å²) in [6.45, 7) is 0. The zero-order valence-corrected chi connectivity index (χ0v) is 9.37. The molecule has 112 valence electrons. The van der Waals surface area contributed by atoms with Gasteiger partial charge in [-0.3, -0.25) is 10.1 Å². The van der Waals surface area contributed by atoms with Gasteiger partial charge < -0.3 is 9.47 Å². The highest BCUT2D eigenvalue weighted by molar-refractivity contribution is 5.58. The second-order valence-electron chi connectivity index (χ2n) is 3.16. The third-order valence-corrected chi connectivity index (χ3v) is 1.88. The lowest BCUT2D eigenvalue weighted by Gasteiger charge is -2.14. The van der Waals surface area contributed by atoms with Crippen LogP contribution in [-0.4, -0.2) is 23.4 Å². The summed E-state index contributed by atoms with van der Waals surface area (Å²) in [5.74, 6) is -3.07. The molecule has 0 aliphatic carbocycles. The second-order valence-corrected chi connectivity index (χ2v) is 3.16. The van der Waals surface area contributed by atoms with Crippen molar-refractivity contribution < 1.29 is 40.7 Å². The van der Waals surface area contributed by atoms with Crippen LogP contribution in [0.25, 0.3) is 0 Å². The number of nitro groups is 1. The van der Waals surface area contributed by atoms with Gasteiger partial charge >= 0.3 is 24.1 Å². The SMILES string of the molecule is COc1c(C(F)(F)F)cnc(OC(F)(F)F)c1[N+](=O)[O-]. The van der Waals surface area contributed by atoms with Crippen molar-refractivity contribution >= 4 is 5.69 Å². The first-order valence-corrected chi connectivity index (χ1v) is 4.51. The molecule has 0 radical (unpaired) electrons. The van der Waals surface area contributed by atoms with E-state index in [2.05, 4.69) is 14.5 Å². The molecule has 12 heteroatoms. The van der Waals surface area contributed by atoms with Crippen molar-refractivity contribution in [1.82, 2.24) is 4.98 Å². The highest BCUT2D eigenvalue weighted by Gasteiger charge is 2.43. The fraction of sp³-hybridized carbons (Fsp3) is 0.375. The van der Waals surface area contributed by atoms with Gasteiger partial charge in [-0.1, -0.05) is 0 Å². The topological polar surface area (TPSA) is 74.5 Å². The molecule has 1 rings (SSSR count). The number of hydrogen-bond donors (Lipinski definition) is 0. The molecule has 0 aliphatic heterocycles. The summed E-state index contributed by atoms with van der Waals surface area (Å²) in [7, 11) is 0.634. The summed E-state index contributed by atoms with van der Waals surface area (Å²) in [5, 5.41) is 10.6. The molecule has 0 unspecified atom stereocenters. The molecule has 1 heterocycles. The first kappa shape index (κ1) is 15.8. The highest BCUT2D eigenvalue weighted by Crippen LogP contribution is 2.45. The van der Waals surface area contributed by atoms with Crippen LogP contribution in [0.1, 0.15) is 5.56 Å². The number of aromatic nitrogens is 1. The van der Waals surface area contributed by atoms with E-state index in [-0.39, 0.29) is 6.20 Å². The predicted molar refractivity (Wildman–Crippen MR) is 49.1 cm³/mol. The van der Waals surface area contributed by atoms with Crippen LogP contribution in [-0.2, 0) is 6.18 Å². The number of nitrogens with zero attached hydrogens (tertiary/aromatic N) is 2. The Morgan fingerprint density at radius 3 is 2.15 bits per heavy atom. The Bertz CT molecular complexity index is 527. The average molecular weight is 306 g/mol. The van der Waals surface area contributed by atoms with E-state index in [0.717, 1.165) is 0 Å². The molecule has 0 saturated heterocycles. The van der Waals surface area contributed by atoms with E-state index in [1.54, 1.807) is 0 Å². The minimum atomic E-state index is -5.36. The molecule has 1 aromatic rings. The fourth-order valence-corrected chi connectivity index (χ4v) is 1.22. The lowest BCUT2D eigenvalue weighted by molar-refractivity contribution is -0.390. The fourth-order valence-electron chi connectivity index (χ4n) is 1.22. The van der Waals surface area contributed by atoms with Gasteiger partial charge in [-0.15, -0.1) is 13.2 Å². The second kappa shape index (κ2) is 5.02. The molecule has 20 heavy (non-hydrogen) atoms. The van der Waals surface area contributed by atoms with Gasteiger partial charge in [0.25, 0.3) is 0 Å². The molecular formula is C8H4F6N2O4. The van der Waals surface area contributed by atoms with Crippen molar-refractivity contribution in [1.29, 1.82) is 0 Å². The number of ether oxygens (including phenoxy) is 2. The van der Waals surface area contributed by atoms with Gasteiger partial charge in [0.05, 0.1) is 12.0 Å².